The summed E-state index contributed by atoms with van der Waals surface area (Å²) in [6.45, 7) is 0.905. The van der Waals surface area contributed by atoms with Crippen LogP contribution < -0.4 is 4.90 Å². The summed E-state index contributed by atoms with van der Waals surface area (Å²) in [5.41, 5.74) is 0. The fourth-order valence-corrected chi connectivity index (χ4v) is 1.81. The summed E-state index contributed by atoms with van der Waals surface area (Å²) < 4.78 is 0. The summed E-state index contributed by atoms with van der Waals surface area (Å²) in [7, 11) is 0. The Morgan fingerprint density at radius 1 is 1.06 bits per heavy atom. The molecule has 0 atom stereocenters. The Morgan fingerprint density at radius 3 is 2.47 bits per heavy atom. The average Bonchev–Trinajstić information content (AvgIpc) is 2.38. The highest BCUT2D eigenvalue weighted by Gasteiger charge is 2.11. The molecule has 0 aliphatic carbocycles. The van der Waals surface area contributed by atoms with Crippen molar-refractivity contribution in [2.24, 2.45) is 0 Å². The van der Waals surface area contributed by atoms with Crippen molar-refractivity contribution < 1.29 is 10.2 Å². The van der Waals surface area contributed by atoms with Crippen molar-refractivity contribution in [3.63, 3.8) is 0 Å². The minimum absolute atomic E-state index is 0.0188. The van der Waals surface area contributed by atoms with Crippen molar-refractivity contribution in [2.75, 3.05) is 31.2 Å². The first-order chi connectivity index (χ1) is 8.36. The number of rotatable bonds is 5. The molecule has 0 spiro atoms. The summed E-state index contributed by atoms with van der Waals surface area (Å²) in [4.78, 5) is 1.83. The zero-order valence-corrected chi connectivity index (χ0v) is 9.45. The normalized spacial score (nSPS) is 10.7. The highest BCUT2D eigenvalue weighted by atomic mass is 16.3. The van der Waals surface area contributed by atoms with Crippen LogP contribution in [0, 0.1) is 0 Å². The van der Waals surface area contributed by atoms with Gasteiger partial charge in [-0.15, -0.1) is 5.10 Å². The van der Waals surface area contributed by atoms with Crippen molar-refractivity contribution in [1.82, 2.24) is 10.2 Å². The predicted octanol–water partition coefficient (Wildman–Crippen LogP) is 0.421. The summed E-state index contributed by atoms with van der Waals surface area (Å²) in [5.74, 6) is 0.700. The number of hydrogen-bond acceptors (Lipinski definition) is 5. The van der Waals surface area contributed by atoms with Crippen LogP contribution in [0.4, 0.5) is 5.82 Å². The van der Waals surface area contributed by atoms with Gasteiger partial charge in [-0.1, -0.05) is 24.3 Å². The smallest absolute Gasteiger partial charge is 0.159 e. The number of aliphatic hydroxyl groups excluding tert-OH is 2. The molecular weight excluding hydrogens is 218 g/mol. The number of nitrogens with zero attached hydrogens (tertiary/aromatic N) is 3. The van der Waals surface area contributed by atoms with Crippen LogP contribution >= 0.6 is 0 Å². The van der Waals surface area contributed by atoms with Gasteiger partial charge in [0.2, 0.25) is 0 Å². The van der Waals surface area contributed by atoms with Crippen molar-refractivity contribution in [3.05, 3.63) is 30.5 Å². The molecule has 5 nitrogen and oxygen atoms in total. The first-order valence-corrected chi connectivity index (χ1v) is 5.54. The molecule has 0 aliphatic rings. The van der Waals surface area contributed by atoms with E-state index in [1.165, 1.54) is 0 Å². The van der Waals surface area contributed by atoms with E-state index in [9.17, 15) is 0 Å². The molecule has 0 saturated heterocycles. The molecule has 0 fully saturated rings. The Labute approximate surface area is 99.3 Å². The Balaban J connectivity index is 2.44. The first kappa shape index (κ1) is 11.8. The van der Waals surface area contributed by atoms with E-state index >= 15 is 0 Å². The summed E-state index contributed by atoms with van der Waals surface area (Å²) in [6, 6.07) is 7.80. The quantitative estimate of drug-likeness (QED) is 0.783. The van der Waals surface area contributed by atoms with Gasteiger partial charge in [-0.05, 0) is 0 Å². The lowest BCUT2D eigenvalue weighted by molar-refractivity contribution is 0.280. The maximum absolute atomic E-state index is 9.03. The van der Waals surface area contributed by atoms with Gasteiger partial charge < -0.3 is 15.1 Å². The highest BCUT2D eigenvalue weighted by Crippen LogP contribution is 2.22. The van der Waals surface area contributed by atoms with Gasteiger partial charge in [-0.2, -0.15) is 5.10 Å². The minimum Gasteiger partial charge on any atom is -0.395 e. The Hall–Kier alpha value is -1.72. The second kappa shape index (κ2) is 5.56. The molecule has 0 radical (unpaired) electrons. The van der Waals surface area contributed by atoms with Crippen LogP contribution in [0.5, 0.6) is 0 Å². The fourth-order valence-electron chi connectivity index (χ4n) is 1.81. The lowest BCUT2D eigenvalue weighted by atomic mass is 10.2. The molecule has 0 bridgehead atoms. The second-order valence-electron chi connectivity index (χ2n) is 3.69. The van der Waals surface area contributed by atoms with E-state index in [0.29, 0.717) is 18.9 Å². The molecule has 0 saturated carbocycles. The minimum atomic E-state index is 0.0188. The molecule has 17 heavy (non-hydrogen) atoms. The van der Waals surface area contributed by atoms with E-state index in [-0.39, 0.29) is 13.2 Å². The van der Waals surface area contributed by atoms with E-state index in [0.717, 1.165) is 10.8 Å². The lowest BCUT2D eigenvalue weighted by Crippen LogP contribution is -2.30. The van der Waals surface area contributed by atoms with Crippen LogP contribution in [-0.4, -0.2) is 46.7 Å². The molecule has 2 rings (SSSR count). The van der Waals surface area contributed by atoms with Crippen molar-refractivity contribution in [1.29, 1.82) is 0 Å². The Bertz CT molecular complexity index is 479. The maximum Gasteiger partial charge on any atom is 0.159 e. The van der Waals surface area contributed by atoms with E-state index in [4.69, 9.17) is 10.2 Å². The topological polar surface area (TPSA) is 69.5 Å². The molecule has 5 heteroatoms. The van der Waals surface area contributed by atoms with Crippen LogP contribution in [0.15, 0.2) is 30.5 Å². The van der Waals surface area contributed by atoms with Gasteiger partial charge in [-0.25, -0.2) is 0 Å². The zero-order valence-electron chi connectivity index (χ0n) is 9.45. The SMILES string of the molecule is OCCN(CCO)c1nncc2ccccc12. The van der Waals surface area contributed by atoms with Gasteiger partial charge in [0.1, 0.15) is 0 Å². The molecule has 90 valence electrons. The molecule has 2 N–H and O–H groups in total. The predicted molar refractivity (Wildman–Crippen MR) is 65.9 cm³/mol. The molecule has 0 unspecified atom stereocenters. The number of fused-ring (bicyclic) bond motifs is 1. The average molecular weight is 233 g/mol. The van der Waals surface area contributed by atoms with Gasteiger partial charge in [0.25, 0.3) is 0 Å². The number of hydrogen-bond donors (Lipinski definition) is 2. The lowest BCUT2D eigenvalue weighted by Gasteiger charge is -2.22. The van der Waals surface area contributed by atoms with Crippen LogP contribution in [0.2, 0.25) is 0 Å². The summed E-state index contributed by atoms with van der Waals surface area (Å²) >= 11 is 0. The summed E-state index contributed by atoms with van der Waals surface area (Å²) in [5, 5.41) is 28.1. The van der Waals surface area contributed by atoms with Gasteiger partial charge in [0, 0.05) is 23.9 Å². The van der Waals surface area contributed by atoms with Crippen molar-refractivity contribution in [3.8, 4) is 0 Å². The maximum atomic E-state index is 9.03. The molecule has 2 aromatic rings. The number of aromatic nitrogens is 2. The molecule has 0 aliphatic heterocycles. The van der Waals surface area contributed by atoms with Crippen LogP contribution in [0.3, 0.4) is 0 Å². The third-order valence-electron chi connectivity index (χ3n) is 2.59. The molecule has 0 amide bonds. The van der Waals surface area contributed by atoms with E-state index in [1.807, 2.05) is 29.2 Å². The van der Waals surface area contributed by atoms with Crippen LogP contribution in [0.25, 0.3) is 10.8 Å². The summed E-state index contributed by atoms with van der Waals surface area (Å²) in [6.07, 6.45) is 1.70. The fraction of sp³-hybridized carbons (Fsp3) is 0.333. The van der Waals surface area contributed by atoms with Crippen molar-refractivity contribution in [2.45, 2.75) is 0 Å². The van der Waals surface area contributed by atoms with Gasteiger partial charge in [-0.3, -0.25) is 0 Å². The van der Waals surface area contributed by atoms with E-state index in [2.05, 4.69) is 10.2 Å². The Kier molecular flexibility index (Phi) is 3.85. The van der Waals surface area contributed by atoms with Crippen molar-refractivity contribution >= 4 is 16.6 Å². The van der Waals surface area contributed by atoms with Gasteiger partial charge >= 0.3 is 0 Å². The van der Waals surface area contributed by atoms with E-state index < -0.39 is 0 Å². The first-order valence-electron chi connectivity index (χ1n) is 5.54. The molecular formula is C12H15N3O2. The third-order valence-corrected chi connectivity index (χ3v) is 2.59. The van der Waals surface area contributed by atoms with Crippen LogP contribution in [0.1, 0.15) is 0 Å². The Morgan fingerprint density at radius 2 is 1.76 bits per heavy atom. The van der Waals surface area contributed by atoms with Gasteiger partial charge in [0.05, 0.1) is 19.4 Å². The van der Waals surface area contributed by atoms with Gasteiger partial charge in [0.15, 0.2) is 5.82 Å². The third kappa shape index (κ3) is 2.51. The highest BCUT2D eigenvalue weighted by molar-refractivity contribution is 5.91. The standard InChI is InChI=1S/C12H15N3O2/c16-7-5-15(6-8-17)12-11-4-2-1-3-10(11)9-13-14-12/h1-4,9,16-17H,5-8H2. The molecule has 1 aromatic heterocycles. The second-order valence-corrected chi connectivity index (χ2v) is 3.69. The molecule has 1 heterocycles. The largest absolute Gasteiger partial charge is 0.395 e. The molecule has 1 aromatic carbocycles. The number of benzene rings is 1. The zero-order chi connectivity index (χ0) is 12.1. The number of anilines is 1. The van der Waals surface area contributed by atoms with Crippen LogP contribution in [-0.2, 0) is 0 Å². The van der Waals surface area contributed by atoms with E-state index in [1.54, 1.807) is 6.20 Å². The number of aliphatic hydroxyl groups is 2. The monoisotopic (exact) mass is 233 g/mol.